The number of nitrogens with one attached hydrogen (secondary N) is 2. The number of nitrogens with zero attached hydrogens (tertiary/aromatic N) is 3. The first-order valence-corrected chi connectivity index (χ1v) is 13.8. The van der Waals surface area contributed by atoms with Crippen molar-refractivity contribution in [1.29, 1.82) is 0 Å². The predicted molar refractivity (Wildman–Crippen MR) is 152 cm³/mol. The number of rotatable bonds is 12. The van der Waals surface area contributed by atoms with Gasteiger partial charge in [-0.15, -0.1) is 16.8 Å². The van der Waals surface area contributed by atoms with Crippen molar-refractivity contribution in [3.63, 3.8) is 0 Å². The number of thioether (sulfide) groups is 1. The number of carbonyl (C=O) groups is 2. The van der Waals surface area contributed by atoms with Gasteiger partial charge in [0.25, 0.3) is 5.91 Å². The first-order chi connectivity index (χ1) is 17.7. The third-order valence-electron chi connectivity index (χ3n) is 5.54. The Morgan fingerprint density at radius 2 is 1.86 bits per heavy atom. The van der Waals surface area contributed by atoms with E-state index in [9.17, 15) is 9.59 Å². The zero-order chi connectivity index (χ0) is 26.9. The van der Waals surface area contributed by atoms with E-state index < -0.39 is 6.04 Å². The summed E-state index contributed by atoms with van der Waals surface area (Å²) in [7, 11) is 0. The highest BCUT2D eigenvalue weighted by atomic mass is 35.5. The van der Waals surface area contributed by atoms with Crippen LogP contribution in [0.1, 0.15) is 55.0 Å². The van der Waals surface area contributed by atoms with Crippen molar-refractivity contribution >= 4 is 52.5 Å². The summed E-state index contributed by atoms with van der Waals surface area (Å²) in [4.78, 5) is 25.6. The van der Waals surface area contributed by atoms with Gasteiger partial charge in [0.15, 0.2) is 11.0 Å². The van der Waals surface area contributed by atoms with Crippen LogP contribution < -0.4 is 10.6 Å². The van der Waals surface area contributed by atoms with Gasteiger partial charge in [0.2, 0.25) is 5.91 Å². The lowest BCUT2D eigenvalue weighted by Crippen LogP contribution is -2.32. The van der Waals surface area contributed by atoms with Crippen LogP contribution in [0.15, 0.2) is 60.3 Å². The number of halogens is 2. The molecule has 3 rings (SSSR count). The van der Waals surface area contributed by atoms with Crippen molar-refractivity contribution in [1.82, 2.24) is 20.1 Å². The van der Waals surface area contributed by atoms with Gasteiger partial charge in [0.1, 0.15) is 0 Å². The van der Waals surface area contributed by atoms with Crippen LogP contribution in [-0.4, -0.2) is 32.3 Å². The van der Waals surface area contributed by atoms with Gasteiger partial charge < -0.3 is 15.2 Å². The molecule has 2 amide bonds. The number of carbonyl (C=O) groups excluding carboxylic acids is 2. The van der Waals surface area contributed by atoms with Crippen LogP contribution in [0.4, 0.5) is 5.69 Å². The molecule has 0 saturated carbocycles. The minimum atomic E-state index is -0.424. The number of anilines is 1. The molecule has 10 heteroatoms. The Morgan fingerprint density at radius 1 is 1.14 bits per heavy atom. The lowest BCUT2D eigenvalue weighted by molar-refractivity contribution is -0.113. The Balaban J connectivity index is 1.76. The fraction of sp³-hybridized carbons (Fsp3) is 0.333. The molecule has 0 aliphatic rings. The molecular formula is C27H31Cl2N5O2S. The highest BCUT2D eigenvalue weighted by Gasteiger charge is 2.25. The van der Waals surface area contributed by atoms with Gasteiger partial charge in [-0.2, -0.15) is 0 Å². The molecule has 1 aromatic heterocycles. The van der Waals surface area contributed by atoms with E-state index >= 15 is 0 Å². The van der Waals surface area contributed by atoms with Gasteiger partial charge in [-0.1, -0.05) is 73.9 Å². The first-order valence-electron chi connectivity index (χ1n) is 12.0. The maximum atomic E-state index is 13.1. The average Bonchev–Trinajstić information content (AvgIpc) is 3.25. The molecule has 0 fully saturated rings. The van der Waals surface area contributed by atoms with Gasteiger partial charge >= 0.3 is 0 Å². The summed E-state index contributed by atoms with van der Waals surface area (Å²) in [5, 5.41) is 16.0. The third kappa shape index (κ3) is 8.09. The second kappa shape index (κ2) is 13.7. The van der Waals surface area contributed by atoms with Gasteiger partial charge in [-0.05, 0) is 54.7 Å². The van der Waals surface area contributed by atoms with Crippen molar-refractivity contribution in [2.75, 3.05) is 11.1 Å². The molecular weight excluding hydrogens is 529 g/mol. The molecule has 0 saturated heterocycles. The zero-order valence-electron chi connectivity index (χ0n) is 21.1. The van der Waals surface area contributed by atoms with Crippen LogP contribution >= 0.6 is 35.0 Å². The number of hydrogen-bond acceptors (Lipinski definition) is 5. The number of aromatic nitrogens is 3. The molecule has 196 valence electrons. The van der Waals surface area contributed by atoms with Crippen molar-refractivity contribution in [2.24, 2.45) is 5.92 Å². The Labute approximate surface area is 232 Å². The van der Waals surface area contributed by atoms with Crippen molar-refractivity contribution < 1.29 is 9.59 Å². The summed E-state index contributed by atoms with van der Waals surface area (Å²) < 4.78 is 1.87. The maximum absolute atomic E-state index is 13.1. The zero-order valence-corrected chi connectivity index (χ0v) is 23.5. The number of benzene rings is 2. The van der Waals surface area contributed by atoms with E-state index in [1.165, 1.54) is 23.4 Å². The molecule has 0 aliphatic carbocycles. The van der Waals surface area contributed by atoms with Crippen molar-refractivity contribution in [3.8, 4) is 0 Å². The van der Waals surface area contributed by atoms with Gasteiger partial charge in [-0.25, -0.2) is 0 Å². The molecule has 2 aromatic carbocycles. The van der Waals surface area contributed by atoms with E-state index in [-0.39, 0.29) is 28.5 Å². The molecule has 3 aromatic rings. The van der Waals surface area contributed by atoms with Crippen LogP contribution in [0.5, 0.6) is 0 Å². The Morgan fingerprint density at radius 3 is 2.49 bits per heavy atom. The van der Waals surface area contributed by atoms with Gasteiger partial charge in [0, 0.05) is 17.3 Å². The summed E-state index contributed by atoms with van der Waals surface area (Å²) >= 11 is 13.5. The van der Waals surface area contributed by atoms with Crippen LogP contribution in [0.2, 0.25) is 10.0 Å². The minimum Gasteiger partial charge on any atom is -0.342 e. The SMILES string of the molecule is C=CCn1c(SCC(=O)Nc2ccc(CC)cc2)nnc1[C@H](CC(C)C)NC(=O)c1ccc(Cl)cc1Cl. The molecule has 0 bridgehead atoms. The molecule has 1 heterocycles. The van der Waals surface area contributed by atoms with Crippen molar-refractivity contribution in [3.05, 3.63) is 82.1 Å². The summed E-state index contributed by atoms with van der Waals surface area (Å²) in [5.41, 5.74) is 2.28. The standard InChI is InChI=1S/C27H31Cl2N5O2S/c1-5-13-34-25(23(14-17(3)4)31-26(36)21-12-9-19(28)15-22(21)29)32-33-27(34)37-16-24(35)30-20-10-7-18(6-2)8-11-20/h5,7-12,15,17,23H,1,6,13-14,16H2,2-4H3,(H,30,35)(H,31,36)/t23-/m0/s1. The second-order valence-corrected chi connectivity index (χ2v) is 10.7. The van der Waals surface area contributed by atoms with Crippen LogP contribution in [0.3, 0.4) is 0 Å². The van der Waals surface area contributed by atoms with E-state index in [1.807, 2.05) is 28.8 Å². The second-order valence-electron chi connectivity index (χ2n) is 8.91. The summed E-state index contributed by atoms with van der Waals surface area (Å²) in [6.07, 6.45) is 3.30. The van der Waals surface area contributed by atoms with E-state index in [0.29, 0.717) is 34.5 Å². The average molecular weight is 561 g/mol. The van der Waals surface area contributed by atoms with E-state index in [4.69, 9.17) is 23.2 Å². The maximum Gasteiger partial charge on any atom is 0.253 e. The molecule has 7 nitrogen and oxygen atoms in total. The third-order valence-corrected chi connectivity index (χ3v) is 7.05. The Bertz CT molecular complexity index is 1240. The monoisotopic (exact) mass is 559 g/mol. The minimum absolute atomic E-state index is 0.145. The van der Waals surface area contributed by atoms with Gasteiger partial charge in [0.05, 0.1) is 22.4 Å². The highest BCUT2D eigenvalue weighted by molar-refractivity contribution is 7.99. The molecule has 2 N–H and O–H groups in total. The van der Waals surface area contributed by atoms with E-state index in [1.54, 1.807) is 18.2 Å². The molecule has 1 atom stereocenters. The summed E-state index contributed by atoms with van der Waals surface area (Å²) in [6.45, 7) is 10.5. The smallest absolute Gasteiger partial charge is 0.253 e. The lowest BCUT2D eigenvalue weighted by atomic mass is 10.0. The van der Waals surface area contributed by atoms with Crippen molar-refractivity contribution in [2.45, 2.75) is 51.4 Å². The number of hydrogen-bond donors (Lipinski definition) is 2. The predicted octanol–water partition coefficient (Wildman–Crippen LogP) is 6.58. The number of allylic oxidation sites excluding steroid dienone is 1. The van der Waals surface area contributed by atoms with Crippen LogP contribution in [0, 0.1) is 5.92 Å². The first kappa shape index (κ1) is 28.8. The van der Waals surface area contributed by atoms with E-state index in [0.717, 1.165) is 12.1 Å². The Hall–Kier alpha value is -2.81. The lowest BCUT2D eigenvalue weighted by Gasteiger charge is -2.21. The molecule has 0 aliphatic heterocycles. The largest absolute Gasteiger partial charge is 0.342 e. The van der Waals surface area contributed by atoms with Crippen LogP contribution in [0.25, 0.3) is 0 Å². The highest BCUT2D eigenvalue weighted by Crippen LogP contribution is 2.27. The molecule has 0 spiro atoms. The normalized spacial score (nSPS) is 11.8. The quantitative estimate of drug-likeness (QED) is 0.193. The molecule has 37 heavy (non-hydrogen) atoms. The van der Waals surface area contributed by atoms with Crippen LogP contribution in [-0.2, 0) is 17.8 Å². The summed E-state index contributed by atoms with van der Waals surface area (Å²) in [5.74, 6) is 0.536. The Kier molecular flexibility index (Phi) is 10.6. The molecule has 0 radical (unpaired) electrons. The topological polar surface area (TPSA) is 88.9 Å². The number of amides is 2. The fourth-order valence-electron chi connectivity index (χ4n) is 3.73. The fourth-order valence-corrected chi connectivity index (χ4v) is 4.98. The summed E-state index contributed by atoms with van der Waals surface area (Å²) in [6, 6.07) is 12.1. The number of aryl methyl sites for hydroxylation is 1. The van der Waals surface area contributed by atoms with Gasteiger partial charge in [-0.3, -0.25) is 9.59 Å². The van der Waals surface area contributed by atoms with E-state index in [2.05, 4.69) is 48.2 Å². The molecule has 0 unspecified atom stereocenters.